The van der Waals surface area contributed by atoms with Crippen LogP contribution in [0.1, 0.15) is 36.2 Å². The first kappa shape index (κ1) is 22.1. The Hall–Kier alpha value is -2.57. The van der Waals surface area contributed by atoms with E-state index >= 15 is 0 Å². The molecule has 158 valence electrons. The van der Waals surface area contributed by atoms with Gasteiger partial charge in [0.1, 0.15) is 6.54 Å². The number of amides is 3. The van der Waals surface area contributed by atoms with Gasteiger partial charge in [-0.25, -0.2) is 0 Å². The number of fused-ring (bicyclic) bond motifs is 1. The highest BCUT2D eigenvalue weighted by Gasteiger charge is 2.25. The number of halogens is 2. The van der Waals surface area contributed by atoms with Crippen molar-refractivity contribution >= 4 is 52.3 Å². The van der Waals surface area contributed by atoms with E-state index in [0.29, 0.717) is 47.2 Å². The molecular formula is C22H23Cl2N3O3. The minimum Gasteiger partial charge on any atom is -0.329 e. The molecule has 1 aliphatic heterocycles. The number of carbonyl (C=O) groups is 3. The number of benzene rings is 2. The SMILES string of the molecule is CCCN(CC(=O)Nc1cc(Cl)ccc1Cl)C(=O)c1ccc2c(c1)CCN2C(C)=O. The number of carbonyl (C=O) groups excluding carboxylic acids is 3. The van der Waals surface area contributed by atoms with Crippen LogP contribution in [0.25, 0.3) is 0 Å². The zero-order valence-electron chi connectivity index (χ0n) is 16.9. The molecule has 0 fully saturated rings. The van der Waals surface area contributed by atoms with E-state index in [9.17, 15) is 14.4 Å². The van der Waals surface area contributed by atoms with Gasteiger partial charge < -0.3 is 15.1 Å². The molecule has 6 nitrogen and oxygen atoms in total. The molecule has 0 saturated heterocycles. The van der Waals surface area contributed by atoms with E-state index in [4.69, 9.17) is 23.2 Å². The van der Waals surface area contributed by atoms with E-state index in [1.807, 2.05) is 13.0 Å². The van der Waals surface area contributed by atoms with Gasteiger partial charge in [-0.2, -0.15) is 0 Å². The van der Waals surface area contributed by atoms with Gasteiger partial charge in [-0.05, 0) is 54.8 Å². The Labute approximate surface area is 185 Å². The summed E-state index contributed by atoms with van der Waals surface area (Å²) < 4.78 is 0. The van der Waals surface area contributed by atoms with Crippen molar-refractivity contribution in [2.45, 2.75) is 26.7 Å². The van der Waals surface area contributed by atoms with Crippen LogP contribution in [0.4, 0.5) is 11.4 Å². The van der Waals surface area contributed by atoms with Crippen molar-refractivity contribution in [1.29, 1.82) is 0 Å². The standard InChI is InChI=1S/C22H23Cl2N3O3/c1-3-9-26(13-21(29)25-19-12-17(23)5-6-18(19)24)22(30)16-4-7-20-15(11-16)8-10-27(20)14(2)28/h4-7,11-12H,3,8-10,13H2,1-2H3,(H,25,29). The molecule has 0 bridgehead atoms. The second kappa shape index (κ2) is 9.49. The zero-order valence-corrected chi connectivity index (χ0v) is 18.4. The normalized spacial score (nSPS) is 12.5. The lowest BCUT2D eigenvalue weighted by molar-refractivity contribution is -0.117. The van der Waals surface area contributed by atoms with Gasteiger partial charge in [0.25, 0.3) is 5.91 Å². The molecule has 2 aromatic rings. The fourth-order valence-electron chi connectivity index (χ4n) is 3.52. The fraction of sp³-hybridized carbons (Fsp3) is 0.318. The van der Waals surface area contributed by atoms with Crippen LogP contribution in [0, 0.1) is 0 Å². The summed E-state index contributed by atoms with van der Waals surface area (Å²) in [6.45, 7) is 4.42. The Morgan fingerprint density at radius 3 is 2.60 bits per heavy atom. The van der Waals surface area contributed by atoms with Crippen molar-refractivity contribution in [3.63, 3.8) is 0 Å². The molecular weight excluding hydrogens is 425 g/mol. The Morgan fingerprint density at radius 1 is 1.13 bits per heavy atom. The lowest BCUT2D eigenvalue weighted by Crippen LogP contribution is -2.38. The molecule has 0 aromatic heterocycles. The van der Waals surface area contributed by atoms with Gasteiger partial charge in [-0.3, -0.25) is 14.4 Å². The smallest absolute Gasteiger partial charge is 0.254 e. The molecule has 1 heterocycles. The van der Waals surface area contributed by atoms with Gasteiger partial charge in [-0.15, -0.1) is 0 Å². The highest BCUT2D eigenvalue weighted by molar-refractivity contribution is 6.35. The van der Waals surface area contributed by atoms with Gasteiger partial charge in [0.15, 0.2) is 0 Å². The van der Waals surface area contributed by atoms with Crippen LogP contribution in [-0.4, -0.2) is 42.3 Å². The molecule has 0 saturated carbocycles. The lowest BCUT2D eigenvalue weighted by atomic mass is 10.1. The summed E-state index contributed by atoms with van der Waals surface area (Å²) in [7, 11) is 0. The third kappa shape index (κ3) is 4.94. The minimum atomic E-state index is -0.357. The number of hydrogen-bond donors (Lipinski definition) is 1. The van der Waals surface area contributed by atoms with Crippen molar-refractivity contribution in [2.75, 3.05) is 29.9 Å². The molecule has 2 aromatic carbocycles. The van der Waals surface area contributed by atoms with Gasteiger partial charge in [0, 0.05) is 36.3 Å². The van der Waals surface area contributed by atoms with Crippen molar-refractivity contribution < 1.29 is 14.4 Å². The second-order valence-corrected chi connectivity index (χ2v) is 8.01. The Bertz CT molecular complexity index is 994. The Balaban J connectivity index is 1.74. The second-order valence-electron chi connectivity index (χ2n) is 7.16. The molecule has 0 aliphatic carbocycles. The average molecular weight is 448 g/mol. The summed E-state index contributed by atoms with van der Waals surface area (Å²) in [5, 5.41) is 3.54. The molecule has 3 rings (SSSR count). The topological polar surface area (TPSA) is 69.7 Å². The number of nitrogens with zero attached hydrogens (tertiary/aromatic N) is 2. The van der Waals surface area contributed by atoms with Crippen molar-refractivity contribution in [2.24, 2.45) is 0 Å². The number of nitrogens with one attached hydrogen (secondary N) is 1. The number of anilines is 2. The van der Waals surface area contributed by atoms with Crippen LogP contribution in [-0.2, 0) is 16.0 Å². The van der Waals surface area contributed by atoms with Crippen LogP contribution >= 0.6 is 23.2 Å². The van der Waals surface area contributed by atoms with Crippen LogP contribution < -0.4 is 10.2 Å². The molecule has 1 N–H and O–H groups in total. The van der Waals surface area contributed by atoms with Crippen molar-refractivity contribution in [1.82, 2.24) is 4.90 Å². The van der Waals surface area contributed by atoms with E-state index in [-0.39, 0.29) is 24.3 Å². The summed E-state index contributed by atoms with van der Waals surface area (Å²) in [5.41, 5.74) is 2.71. The van der Waals surface area contributed by atoms with Crippen molar-refractivity contribution in [3.05, 3.63) is 57.6 Å². The maximum atomic E-state index is 13.1. The van der Waals surface area contributed by atoms with Crippen LogP contribution in [0.2, 0.25) is 10.0 Å². The summed E-state index contributed by atoms with van der Waals surface area (Å²) >= 11 is 12.1. The molecule has 8 heteroatoms. The number of hydrogen-bond acceptors (Lipinski definition) is 3. The van der Waals surface area contributed by atoms with Crippen LogP contribution in [0.15, 0.2) is 36.4 Å². The summed E-state index contributed by atoms with van der Waals surface area (Å²) in [6, 6.07) is 10.1. The largest absolute Gasteiger partial charge is 0.329 e. The number of rotatable bonds is 6. The predicted molar refractivity (Wildman–Crippen MR) is 119 cm³/mol. The van der Waals surface area contributed by atoms with E-state index in [1.54, 1.807) is 35.2 Å². The monoisotopic (exact) mass is 447 g/mol. The highest BCUT2D eigenvalue weighted by atomic mass is 35.5. The zero-order chi connectivity index (χ0) is 21.8. The summed E-state index contributed by atoms with van der Waals surface area (Å²) in [5.74, 6) is -0.602. The van der Waals surface area contributed by atoms with Gasteiger partial charge in [-0.1, -0.05) is 30.1 Å². The molecule has 1 aliphatic rings. The molecule has 0 atom stereocenters. The van der Waals surface area contributed by atoms with Gasteiger partial charge >= 0.3 is 0 Å². The first-order valence-electron chi connectivity index (χ1n) is 9.75. The highest BCUT2D eigenvalue weighted by Crippen LogP contribution is 2.29. The third-order valence-electron chi connectivity index (χ3n) is 4.92. The molecule has 0 unspecified atom stereocenters. The third-order valence-corrected chi connectivity index (χ3v) is 5.48. The van der Waals surface area contributed by atoms with E-state index in [2.05, 4.69) is 5.32 Å². The first-order valence-corrected chi connectivity index (χ1v) is 10.5. The quantitative estimate of drug-likeness (QED) is 0.713. The average Bonchev–Trinajstić information content (AvgIpc) is 3.13. The maximum absolute atomic E-state index is 13.1. The summed E-state index contributed by atoms with van der Waals surface area (Å²) in [6.07, 6.45) is 1.41. The van der Waals surface area contributed by atoms with Gasteiger partial charge in [0.2, 0.25) is 11.8 Å². The summed E-state index contributed by atoms with van der Waals surface area (Å²) in [4.78, 5) is 40.6. The molecule has 3 amide bonds. The van der Waals surface area contributed by atoms with E-state index in [1.165, 1.54) is 11.8 Å². The first-order chi connectivity index (χ1) is 14.3. The van der Waals surface area contributed by atoms with E-state index in [0.717, 1.165) is 11.3 Å². The lowest BCUT2D eigenvalue weighted by Gasteiger charge is -2.22. The molecule has 30 heavy (non-hydrogen) atoms. The Morgan fingerprint density at radius 2 is 1.90 bits per heavy atom. The maximum Gasteiger partial charge on any atom is 0.254 e. The predicted octanol–water partition coefficient (Wildman–Crippen LogP) is 4.39. The van der Waals surface area contributed by atoms with Crippen LogP contribution in [0.3, 0.4) is 0 Å². The minimum absolute atomic E-state index is 0.0169. The Kier molecular flexibility index (Phi) is 7.00. The molecule has 0 radical (unpaired) electrons. The van der Waals surface area contributed by atoms with Crippen LogP contribution in [0.5, 0.6) is 0 Å². The van der Waals surface area contributed by atoms with E-state index < -0.39 is 0 Å². The fourth-order valence-corrected chi connectivity index (χ4v) is 3.86. The molecule has 0 spiro atoms. The van der Waals surface area contributed by atoms with Crippen molar-refractivity contribution in [3.8, 4) is 0 Å². The van der Waals surface area contributed by atoms with Gasteiger partial charge in [0.05, 0.1) is 10.7 Å².